The second-order valence-electron chi connectivity index (χ2n) is 5.12. The van der Waals surface area contributed by atoms with Gasteiger partial charge < -0.3 is 14.8 Å². The monoisotopic (exact) mass is 393 g/mol. The molecule has 0 saturated carbocycles. The second-order valence-corrected chi connectivity index (χ2v) is 7.19. The van der Waals surface area contributed by atoms with Crippen LogP contribution in [0.4, 0.5) is 5.00 Å². The summed E-state index contributed by atoms with van der Waals surface area (Å²) in [5.74, 6) is -1.24. The van der Waals surface area contributed by atoms with Crippen LogP contribution in [0.2, 0.25) is 0 Å². The van der Waals surface area contributed by atoms with Crippen molar-refractivity contribution >= 4 is 45.9 Å². The van der Waals surface area contributed by atoms with Gasteiger partial charge in [0.15, 0.2) is 0 Å². The molecule has 0 aliphatic rings. The number of anilines is 1. The van der Waals surface area contributed by atoms with Crippen molar-refractivity contribution in [2.24, 2.45) is 0 Å². The molecule has 0 fully saturated rings. The number of carbonyl (C=O) groups is 3. The summed E-state index contributed by atoms with van der Waals surface area (Å²) in [7, 11) is 1.26. The third-order valence-electron chi connectivity index (χ3n) is 3.36. The fourth-order valence-electron chi connectivity index (χ4n) is 2.17. The molecule has 2 aromatic rings. The first kappa shape index (κ1) is 20.0. The van der Waals surface area contributed by atoms with E-state index in [0.29, 0.717) is 10.6 Å². The molecule has 0 saturated heterocycles. The highest BCUT2D eigenvalue weighted by Crippen LogP contribution is 2.34. The second kappa shape index (κ2) is 9.40. The summed E-state index contributed by atoms with van der Waals surface area (Å²) < 4.78 is 9.78. The molecular weight excluding hydrogens is 374 g/mol. The lowest BCUT2D eigenvalue weighted by Gasteiger charge is -2.07. The van der Waals surface area contributed by atoms with Gasteiger partial charge in [-0.15, -0.1) is 23.1 Å². The van der Waals surface area contributed by atoms with Crippen LogP contribution in [-0.2, 0) is 14.3 Å². The zero-order valence-corrected chi connectivity index (χ0v) is 16.3. The van der Waals surface area contributed by atoms with Crippen molar-refractivity contribution in [2.45, 2.75) is 18.7 Å². The molecule has 1 aromatic heterocycles. The molecule has 2 rings (SSSR count). The molecule has 138 valence electrons. The molecule has 0 unspecified atom stereocenters. The smallest absolute Gasteiger partial charge is 0.348 e. The quantitative estimate of drug-likeness (QED) is 0.570. The van der Waals surface area contributed by atoms with Crippen LogP contribution in [0.25, 0.3) is 0 Å². The number of esters is 2. The number of nitrogens with one attached hydrogen (secondary N) is 1. The van der Waals surface area contributed by atoms with E-state index in [2.05, 4.69) is 5.32 Å². The molecule has 26 heavy (non-hydrogen) atoms. The summed E-state index contributed by atoms with van der Waals surface area (Å²) in [6.45, 7) is 3.51. The van der Waals surface area contributed by atoms with Crippen LogP contribution in [0.15, 0.2) is 35.2 Å². The van der Waals surface area contributed by atoms with Gasteiger partial charge in [0.2, 0.25) is 5.91 Å². The zero-order valence-electron chi connectivity index (χ0n) is 14.7. The molecule has 8 heteroatoms. The normalized spacial score (nSPS) is 10.3. The van der Waals surface area contributed by atoms with Crippen LogP contribution < -0.4 is 5.32 Å². The van der Waals surface area contributed by atoms with E-state index in [1.807, 2.05) is 30.3 Å². The molecular formula is C18H19NO5S2. The highest BCUT2D eigenvalue weighted by atomic mass is 32.2. The van der Waals surface area contributed by atoms with Crippen LogP contribution in [0.5, 0.6) is 0 Å². The number of thioether (sulfide) groups is 1. The van der Waals surface area contributed by atoms with E-state index in [1.165, 1.54) is 18.9 Å². The average molecular weight is 393 g/mol. The maximum atomic E-state index is 12.3. The average Bonchev–Trinajstić information content (AvgIpc) is 2.96. The van der Waals surface area contributed by atoms with E-state index in [9.17, 15) is 14.4 Å². The lowest BCUT2D eigenvalue weighted by molar-refractivity contribution is -0.113. The highest BCUT2D eigenvalue weighted by molar-refractivity contribution is 8.00. The van der Waals surface area contributed by atoms with Crippen molar-refractivity contribution in [3.05, 3.63) is 46.3 Å². The molecule has 1 aromatic carbocycles. The Kier molecular flexibility index (Phi) is 7.23. The van der Waals surface area contributed by atoms with Gasteiger partial charge >= 0.3 is 11.9 Å². The summed E-state index contributed by atoms with van der Waals surface area (Å²) in [6.07, 6.45) is 0. The lowest BCUT2D eigenvalue weighted by atomic mass is 10.1. The van der Waals surface area contributed by atoms with Gasteiger partial charge in [-0.05, 0) is 31.5 Å². The van der Waals surface area contributed by atoms with Gasteiger partial charge in [0.25, 0.3) is 0 Å². The summed E-state index contributed by atoms with van der Waals surface area (Å²) in [6, 6.07) is 9.51. The molecule has 0 aliphatic heterocycles. The fraction of sp³-hybridized carbons (Fsp3) is 0.278. The van der Waals surface area contributed by atoms with Gasteiger partial charge in [-0.2, -0.15) is 0 Å². The van der Waals surface area contributed by atoms with Crippen LogP contribution in [0.3, 0.4) is 0 Å². The largest absolute Gasteiger partial charge is 0.465 e. The van der Waals surface area contributed by atoms with Crippen molar-refractivity contribution in [3.63, 3.8) is 0 Å². The van der Waals surface area contributed by atoms with Gasteiger partial charge in [0, 0.05) is 4.90 Å². The van der Waals surface area contributed by atoms with Gasteiger partial charge in [-0.1, -0.05) is 18.2 Å². The number of benzene rings is 1. The minimum atomic E-state index is -0.581. The van der Waals surface area contributed by atoms with E-state index in [1.54, 1.807) is 13.8 Å². The number of carbonyl (C=O) groups excluding carboxylic acids is 3. The number of methoxy groups -OCH3 is 1. The first-order valence-electron chi connectivity index (χ1n) is 7.84. The topological polar surface area (TPSA) is 81.7 Å². The van der Waals surface area contributed by atoms with Gasteiger partial charge in [0.05, 0.1) is 25.0 Å². The van der Waals surface area contributed by atoms with Crippen LogP contribution in [0.1, 0.15) is 32.5 Å². The minimum Gasteiger partial charge on any atom is -0.465 e. The molecule has 0 spiro atoms. The molecule has 0 radical (unpaired) electrons. The Morgan fingerprint density at radius 3 is 2.46 bits per heavy atom. The van der Waals surface area contributed by atoms with Crippen molar-refractivity contribution in [1.29, 1.82) is 0 Å². The molecule has 0 bridgehead atoms. The van der Waals surface area contributed by atoms with E-state index in [4.69, 9.17) is 9.47 Å². The molecule has 1 N–H and O–H groups in total. The Balaban J connectivity index is 2.19. The molecule has 0 aliphatic carbocycles. The molecule has 1 heterocycles. The fourth-order valence-corrected chi connectivity index (χ4v) is 4.02. The van der Waals surface area contributed by atoms with Crippen LogP contribution in [0, 0.1) is 6.92 Å². The first-order chi connectivity index (χ1) is 12.5. The Labute approximate surface area is 159 Å². The zero-order chi connectivity index (χ0) is 19.1. The van der Waals surface area contributed by atoms with Gasteiger partial charge in [-0.3, -0.25) is 4.79 Å². The third-order valence-corrected chi connectivity index (χ3v) is 5.56. The number of ether oxygens (including phenoxy) is 2. The number of amides is 1. The number of hydrogen-bond acceptors (Lipinski definition) is 7. The van der Waals surface area contributed by atoms with Crippen LogP contribution >= 0.6 is 23.1 Å². The summed E-state index contributed by atoms with van der Waals surface area (Å²) in [4.78, 5) is 37.7. The standard InChI is InChI=1S/C18H19NO5S2/c1-4-24-17(21)14-11(2)15(18(22)23-3)26-16(14)19-13(20)10-25-12-8-6-5-7-9-12/h5-9H,4,10H2,1-3H3,(H,19,20). The summed E-state index contributed by atoms with van der Waals surface area (Å²) >= 11 is 2.39. The number of thiophene rings is 1. The van der Waals surface area contributed by atoms with Crippen molar-refractivity contribution < 1.29 is 23.9 Å². The maximum absolute atomic E-state index is 12.3. The van der Waals surface area contributed by atoms with Crippen LogP contribution in [-0.4, -0.2) is 37.3 Å². The number of rotatable bonds is 7. The minimum absolute atomic E-state index is 0.177. The lowest BCUT2D eigenvalue weighted by Crippen LogP contribution is -2.16. The van der Waals surface area contributed by atoms with Crippen molar-refractivity contribution in [3.8, 4) is 0 Å². The molecule has 0 atom stereocenters. The highest BCUT2D eigenvalue weighted by Gasteiger charge is 2.27. The Morgan fingerprint density at radius 1 is 1.15 bits per heavy atom. The van der Waals surface area contributed by atoms with E-state index >= 15 is 0 Å². The van der Waals surface area contributed by atoms with Gasteiger partial charge in [-0.25, -0.2) is 9.59 Å². The SMILES string of the molecule is CCOC(=O)c1c(NC(=O)CSc2ccccc2)sc(C(=O)OC)c1C. The van der Waals surface area contributed by atoms with E-state index < -0.39 is 11.9 Å². The van der Waals surface area contributed by atoms with Crippen molar-refractivity contribution in [2.75, 3.05) is 24.8 Å². The van der Waals surface area contributed by atoms with E-state index in [-0.39, 0.29) is 28.7 Å². The van der Waals surface area contributed by atoms with Crippen molar-refractivity contribution in [1.82, 2.24) is 0 Å². The first-order valence-corrected chi connectivity index (χ1v) is 9.64. The summed E-state index contributed by atoms with van der Waals surface area (Å²) in [5.41, 5.74) is 0.627. The predicted molar refractivity (Wildman–Crippen MR) is 102 cm³/mol. The van der Waals surface area contributed by atoms with Gasteiger partial charge in [0.1, 0.15) is 9.88 Å². The maximum Gasteiger partial charge on any atom is 0.348 e. The molecule has 1 amide bonds. The van der Waals surface area contributed by atoms with E-state index in [0.717, 1.165) is 16.2 Å². The Morgan fingerprint density at radius 2 is 1.85 bits per heavy atom. The Bertz CT molecular complexity index is 801. The molecule has 6 nitrogen and oxygen atoms in total. The Hall–Kier alpha value is -2.32. The summed E-state index contributed by atoms with van der Waals surface area (Å²) in [5, 5.41) is 3.00. The number of hydrogen-bond donors (Lipinski definition) is 1. The third kappa shape index (κ3) is 4.86. The predicted octanol–water partition coefficient (Wildman–Crippen LogP) is 3.75.